The van der Waals surface area contributed by atoms with Gasteiger partial charge in [-0.05, 0) is 18.2 Å². The summed E-state index contributed by atoms with van der Waals surface area (Å²) in [6.07, 6.45) is 2.92. The first-order valence-corrected chi connectivity index (χ1v) is 9.86. The molecular formula is C20H19N3O4S. The maximum absolute atomic E-state index is 13.0. The second kappa shape index (κ2) is 8.26. The number of nitrogens with zero attached hydrogens (tertiary/aromatic N) is 3. The van der Waals surface area contributed by atoms with Crippen LogP contribution in [-0.4, -0.2) is 52.8 Å². The van der Waals surface area contributed by atoms with Crippen molar-refractivity contribution in [1.82, 2.24) is 14.8 Å². The van der Waals surface area contributed by atoms with Gasteiger partial charge in [-0.25, -0.2) is 4.98 Å². The highest BCUT2D eigenvalue weighted by molar-refractivity contribution is 7.07. The summed E-state index contributed by atoms with van der Waals surface area (Å²) in [5.74, 6) is 0.370. The van der Waals surface area contributed by atoms with Gasteiger partial charge in [-0.2, -0.15) is 0 Å². The number of benzene rings is 1. The number of ether oxygens (including phenoxy) is 1. The molecule has 1 aromatic carbocycles. The highest BCUT2D eigenvalue weighted by atomic mass is 32.1. The van der Waals surface area contributed by atoms with Crippen molar-refractivity contribution >= 4 is 23.2 Å². The van der Waals surface area contributed by atoms with Crippen molar-refractivity contribution in [2.75, 3.05) is 26.2 Å². The summed E-state index contributed by atoms with van der Waals surface area (Å²) in [6.45, 7) is 2.24. The van der Waals surface area contributed by atoms with Crippen molar-refractivity contribution in [3.63, 3.8) is 0 Å². The Bertz CT molecular complexity index is 932. The molecule has 0 saturated carbocycles. The molecule has 3 aromatic rings. The molecular weight excluding hydrogens is 378 g/mol. The van der Waals surface area contributed by atoms with E-state index in [1.807, 2.05) is 17.5 Å². The lowest BCUT2D eigenvalue weighted by Gasteiger charge is -2.34. The van der Waals surface area contributed by atoms with Crippen LogP contribution in [0.5, 0.6) is 5.75 Å². The van der Waals surface area contributed by atoms with E-state index in [9.17, 15) is 9.59 Å². The molecule has 1 aliphatic rings. The number of piperazine rings is 1. The van der Waals surface area contributed by atoms with Gasteiger partial charge in [0.05, 0.1) is 28.6 Å². The summed E-state index contributed by atoms with van der Waals surface area (Å²) in [5, 5.41) is 1.92. The van der Waals surface area contributed by atoms with Gasteiger partial charge in [-0.3, -0.25) is 9.59 Å². The van der Waals surface area contributed by atoms with Gasteiger partial charge in [0, 0.05) is 31.6 Å². The molecule has 3 heterocycles. The van der Waals surface area contributed by atoms with E-state index in [1.54, 1.807) is 33.5 Å². The van der Waals surface area contributed by atoms with Crippen molar-refractivity contribution in [2.24, 2.45) is 0 Å². The lowest BCUT2D eigenvalue weighted by molar-refractivity contribution is 0.0532. The molecule has 7 nitrogen and oxygen atoms in total. The number of hydrogen-bond donors (Lipinski definition) is 0. The van der Waals surface area contributed by atoms with E-state index in [-0.39, 0.29) is 11.8 Å². The minimum Gasteiger partial charge on any atom is -0.486 e. The Hall–Kier alpha value is -3.13. The lowest BCUT2D eigenvalue weighted by Crippen LogP contribution is -2.50. The van der Waals surface area contributed by atoms with Gasteiger partial charge in [-0.1, -0.05) is 12.1 Å². The van der Waals surface area contributed by atoms with E-state index in [4.69, 9.17) is 9.15 Å². The zero-order valence-corrected chi connectivity index (χ0v) is 15.9. The first-order chi connectivity index (χ1) is 13.7. The Kier molecular flexibility index (Phi) is 5.38. The van der Waals surface area contributed by atoms with Gasteiger partial charge in [0.25, 0.3) is 11.8 Å². The average molecular weight is 397 g/mol. The standard InChI is InChI=1S/C20H19N3O4S/c24-19(15-5-10-26-11-15)22-6-8-23(9-7-22)20(25)17-3-1-2-4-18(17)27-12-16-13-28-14-21-16/h1-5,10-11,13-14H,6-9,12H2. The molecule has 28 heavy (non-hydrogen) atoms. The van der Waals surface area contributed by atoms with E-state index in [0.717, 1.165) is 5.69 Å². The third-order valence-electron chi connectivity index (χ3n) is 4.60. The number of rotatable bonds is 5. The molecule has 1 saturated heterocycles. The summed E-state index contributed by atoms with van der Waals surface area (Å²) in [6, 6.07) is 8.87. The number of carbonyl (C=O) groups is 2. The van der Waals surface area contributed by atoms with Crippen molar-refractivity contribution in [2.45, 2.75) is 6.61 Å². The van der Waals surface area contributed by atoms with Gasteiger partial charge < -0.3 is 19.0 Å². The van der Waals surface area contributed by atoms with Crippen molar-refractivity contribution in [3.05, 3.63) is 70.6 Å². The number of para-hydroxylation sites is 1. The Morgan fingerprint density at radius 1 is 1.07 bits per heavy atom. The summed E-state index contributed by atoms with van der Waals surface area (Å²) in [7, 11) is 0. The fraction of sp³-hybridized carbons (Fsp3) is 0.250. The summed E-state index contributed by atoms with van der Waals surface area (Å²) < 4.78 is 10.8. The molecule has 1 aliphatic heterocycles. The predicted molar refractivity (Wildman–Crippen MR) is 103 cm³/mol. The average Bonchev–Trinajstić information content (AvgIpc) is 3.46. The number of aromatic nitrogens is 1. The molecule has 0 radical (unpaired) electrons. The van der Waals surface area contributed by atoms with Crippen LogP contribution in [0.25, 0.3) is 0 Å². The van der Waals surface area contributed by atoms with Crippen LogP contribution in [0.15, 0.2) is 58.2 Å². The molecule has 0 spiro atoms. The normalized spacial score (nSPS) is 14.1. The lowest BCUT2D eigenvalue weighted by atomic mass is 10.1. The third-order valence-corrected chi connectivity index (χ3v) is 5.23. The number of amides is 2. The molecule has 8 heteroatoms. The Morgan fingerprint density at radius 2 is 1.82 bits per heavy atom. The van der Waals surface area contributed by atoms with E-state index < -0.39 is 0 Å². The van der Waals surface area contributed by atoms with Crippen molar-refractivity contribution < 1.29 is 18.7 Å². The largest absolute Gasteiger partial charge is 0.486 e. The quantitative estimate of drug-likeness (QED) is 0.662. The molecule has 144 valence electrons. The van der Waals surface area contributed by atoms with Gasteiger partial charge in [-0.15, -0.1) is 11.3 Å². The second-order valence-corrected chi connectivity index (χ2v) is 7.08. The smallest absolute Gasteiger partial charge is 0.257 e. The van der Waals surface area contributed by atoms with E-state index in [2.05, 4.69) is 4.98 Å². The van der Waals surface area contributed by atoms with Gasteiger partial charge in [0.15, 0.2) is 0 Å². The predicted octanol–water partition coefficient (Wildman–Crippen LogP) is 2.91. The van der Waals surface area contributed by atoms with Gasteiger partial charge in [0.2, 0.25) is 0 Å². The van der Waals surface area contributed by atoms with Crippen molar-refractivity contribution in [3.8, 4) is 5.75 Å². The Morgan fingerprint density at radius 3 is 2.50 bits per heavy atom. The molecule has 2 amide bonds. The molecule has 2 aromatic heterocycles. The first-order valence-electron chi connectivity index (χ1n) is 8.92. The number of hydrogen-bond acceptors (Lipinski definition) is 6. The minimum atomic E-state index is -0.0933. The van der Waals surface area contributed by atoms with E-state index in [1.165, 1.54) is 23.9 Å². The number of carbonyl (C=O) groups excluding carboxylic acids is 2. The zero-order valence-electron chi connectivity index (χ0n) is 15.1. The summed E-state index contributed by atoms with van der Waals surface area (Å²) in [4.78, 5) is 33.1. The highest BCUT2D eigenvalue weighted by Gasteiger charge is 2.27. The fourth-order valence-corrected chi connectivity index (χ4v) is 3.62. The van der Waals surface area contributed by atoms with Crippen LogP contribution in [0.2, 0.25) is 0 Å². The molecule has 0 unspecified atom stereocenters. The van der Waals surface area contributed by atoms with E-state index in [0.29, 0.717) is 49.7 Å². The van der Waals surface area contributed by atoms with Crippen LogP contribution >= 0.6 is 11.3 Å². The van der Waals surface area contributed by atoms with Gasteiger partial charge in [0.1, 0.15) is 18.6 Å². The van der Waals surface area contributed by atoms with Crippen LogP contribution in [0.1, 0.15) is 26.4 Å². The van der Waals surface area contributed by atoms with Crippen molar-refractivity contribution in [1.29, 1.82) is 0 Å². The molecule has 0 aliphatic carbocycles. The Balaban J connectivity index is 1.39. The summed E-state index contributed by atoms with van der Waals surface area (Å²) >= 11 is 1.51. The molecule has 4 rings (SSSR count). The maximum atomic E-state index is 13.0. The van der Waals surface area contributed by atoms with Gasteiger partial charge >= 0.3 is 0 Å². The Labute approximate surface area is 166 Å². The number of thiazole rings is 1. The maximum Gasteiger partial charge on any atom is 0.257 e. The van der Waals surface area contributed by atoms with Crippen LogP contribution in [0.3, 0.4) is 0 Å². The highest BCUT2D eigenvalue weighted by Crippen LogP contribution is 2.22. The summed E-state index contributed by atoms with van der Waals surface area (Å²) in [5.41, 5.74) is 3.63. The molecule has 1 fully saturated rings. The monoisotopic (exact) mass is 397 g/mol. The topological polar surface area (TPSA) is 75.9 Å². The fourth-order valence-electron chi connectivity index (χ4n) is 3.08. The zero-order chi connectivity index (χ0) is 19.3. The SMILES string of the molecule is O=C(c1ccoc1)N1CCN(C(=O)c2ccccc2OCc2cscn2)CC1. The molecule has 0 N–H and O–H groups in total. The molecule has 0 bridgehead atoms. The third kappa shape index (κ3) is 3.91. The van der Waals surface area contributed by atoms with E-state index >= 15 is 0 Å². The van der Waals surface area contributed by atoms with Crippen LogP contribution in [0.4, 0.5) is 0 Å². The molecule has 0 atom stereocenters. The first kappa shape index (κ1) is 18.2. The van der Waals surface area contributed by atoms with Crippen LogP contribution in [-0.2, 0) is 6.61 Å². The van der Waals surface area contributed by atoms with Crippen LogP contribution < -0.4 is 4.74 Å². The minimum absolute atomic E-state index is 0.0761. The second-order valence-electron chi connectivity index (χ2n) is 6.36. The van der Waals surface area contributed by atoms with Crippen LogP contribution in [0, 0.1) is 0 Å². The number of furan rings is 1.